The van der Waals surface area contributed by atoms with Gasteiger partial charge in [-0.05, 0) is 83.5 Å². The molecular weight excluding hydrogens is 488 g/mol. The number of nitrogens with one attached hydrogen (secondary N) is 1. The number of ether oxygens (including phenoxy) is 2. The lowest BCUT2D eigenvalue weighted by Gasteiger charge is -2.30. The second-order valence-corrected chi connectivity index (χ2v) is 10.7. The van der Waals surface area contributed by atoms with Crippen LogP contribution in [0.2, 0.25) is 0 Å². The predicted octanol–water partition coefficient (Wildman–Crippen LogP) is 3.86. The van der Waals surface area contributed by atoms with E-state index in [1.807, 2.05) is 58.9 Å². The Morgan fingerprint density at radius 1 is 1.21 bits per heavy atom. The Labute approximate surface area is 227 Å². The van der Waals surface area contributed by atoms with Gasteiger partial charge in [0.05, 0.1) is 6.61 Å². The van der Waals surface area contributed by atoms with Gasteiger partial charge in [-0.1, -0.05) is 26.0 Å². The number of piperidine rings is 1. The zero-order chi connectivity index (χ0) is 28.7. The first kappa shape index (κ1) is 32.9. The van der Waals surface area contributed by atoms with E-state index in [-0.39, 0.29) is 17.6 Å². The van der Waals surface area contributed by atoms with Crippen LogP contribution in [0.15, 0.2) is 29.3 Å². The fraction of sp³-hybridized carbons (Fsp3) is 0.643. The number of hydrogen-bond donors (Lipinski definition) is 3. The number of likely N-dealkylation sites (tertiary alicyclic amines) is 1. The molecule has 0 saturated carbocycles. The Morgan fingerprint density at radius 2 is 1.82 bits per heavy atom. The number of hydrogen-bond acceptors (Lipinski definition) is 6. The zero-order valence-corrected chi connectivity index (χ0v) is 23.7. The Kier molecular flexibility index (Phi) is 14.4. The number of carboxylic acids is 1. The van der Waals surface area contributed by atoms with Crippen LogP contribution in [0.4, 0.5) is 4.79 Å². The van der Waals surface area contributed by atoms with Crippen molar-refractivity contribution in [2.24, 2.45) is 22.6 Å². The fourth-order valence-electron chi connectivity index (χ4n) is 3.70. The smallest absolute Gasteiger partial charge is 0.345 e. The molecule has 1 aromatic rings. The van der Waals surface area contributed by atoms with Gasteiger partial charge in [-0.3, -0.25) is 9.59 Å². The number of carbonyl (C=O) groups is 3. The number of amidine groups is 1. The van der Waals surface area contributed by atoms with Gasteiger partial charge in [0.25, 0.3) is 6.47 Å². The van der Waals surface area contributed by atoms with Crippen molar-refractivity contribution < 1.29 is 29.0 Å². The van der Waals surface area contributed by atoms with Crippen LogP contribution in [0.3, 0.4) is 0 Å². The van der Waals surface area contributed by atoms with Crippen molar-refractivity contribution in [3.63, 3.8) is 0 Å². The van der Waals surface area contributed by atoms with Crippen LogP contribution >= 0.6 is 0 Å². The summed E-state index contributed by atoms with van der Waals surface area (Å²) in [5, 5.41) is 11.9. The van der Waals surface area contributed by atoms with E-state index in [0.29, 0.717) is 31.3 Å². The molecule has 214 valence electrons. The van der Waals surface area contributed by atoms with Gasteiger partial charge >= 0.3 is 12.0 Å². The van der Waals surface area contributed by atoms with E-state index >= 15 is 0 Å². The topological polar surface area (TPSA) is 144 Å². The van der Waals surface area contributed by atoms with Crippen molar-refractivity contribution in [2.45, 2.75) is 78.4 Å². The lowest BCUT2D eigenvalue weighted by atomic mass is 9.92. The van der Waals surface area contributed by atoms with Gasteiger partial charge in [0.15, 0.2) is 0 Å². The van der Waals surface area contributed by atoms with Gasteiger partial charge in [0.2, 0.25) is 0 Å². The predicted molar refractivity (Wildman–Crippen MR) is 148 cm³/mol. The van der Waals surface area contributed by atoms with Crippen molar-refractivity contribution in [2.75, 3.05) is 26.7 Å². The molecule has 0 radical (unpaired) electrons. The van der Waals surface area contributed by atoms with Crippen molar-refractivity contribution in [3.05, 3.63) is 29.8 Å². The van der Waals surface area contributed by atoms with Gasteiger partial charge in [-0.25, -0.2) is 4.79 Å². The molecule has 0 spiro atoms. The van der Waals surface area contributed by atoms with Crippen LogP contribution in [-0.4, -0.2) is 72.7 Å². The molecule has 10 nitrogen and oxygen atoms in total. The number of rotatable bonds is 11. The number of nitrogens with two attached hydrogens (primary N) is 1. The summed E-state index contributed by atoms with van der Waals surface area (Å²) in [7, 11) is 1.65. The van der Waals surface area contributed by atoms with Gasteiger partial charge in [0.1, 0.15) is 23.2 Å². The molecule has 1 atom stereocenters. The van der Waals surface area contributed by atoms with Crippen LogP contribution in [0.25, 0.3) is 0 Å². The molecule has 2 amide bonds. The first-order chi connectivity index (χ1) is 17.9. The molecule has 0 aromatic heterocycles. The molecule has 1 saturated heterocycles. The number of aliphatic imine (C=N–C) groups is 1. The normalized spacial score (nSPS) is 15.3. The summed E-state index contributed by atoms with van der Waals surface area (Å²) >= 11 is 0. The van der Waals surface area contributed by atoms with E-state index < -0.39 is 12.0 Å². The van der Waals surface area contributed by atoms with Crippen LogP contribution in [0.1, 0.15) is 65.9 Å². The maximum absolute atomic E-state index is 12.2. The summed E-state index contributed by atoms with van der Waals surface area (Å²) in [5.74, 6) is 0.997. The fourth-order valence-corrected chi connectivity index (χ4v) is 3.70. The van der Waals surface area contributed by atoms with Crippen molar-refractivity contribution >= 4 is 24.3 Å². The molecule has 38 heavy (non-hydrogen) atoms. The summed E-state index contributed by atoms with van der Waals surface area (Å²) in [6.07, 6.45) is 4.42. The Morgan fingerprint density at radius 3 is 2.26 bits per heavy atom. The minimum atomic E-state index is -0.856. The number of amides is 2. The number of carbonyl (C=O) groups excluding carboxylic acids is 2. The van der Waals surface area contributed by atoms with Crippen molar-refractivity contribution in [1.82, 2.24) is 10.2 Å². The number of nitrogens with zero attached hydrogens (tertiary/aromatic N) is 2. The average molecular weight is 535 g/mol. The second-order valence-electron chi connectivity index (χ2n) is 10.7. The number of aliphatic carboxylic acids is 1. The van der Waals surface area contributed by atoms with E-state index in [9.17, 15) is 14.4 Å². The SMILES string of the molecule is CC(C)(C)OC=O.CNC(Cc1ccc(OCCCC2CCN(C(=O)/N=C(\N)C(C)C)CC2)cc1)C(=O)O. The molecule has 0 bridgehead atoms. The van der Waals surface area contributed by atoms with E-state index in [1.165, 1.54) is 0 Å². The molecule has 1 heterocycles. The third kappa shape index (κ3) is 13.4. The standard InChI is InChI=1S/C23H36N4O4.C5H10O2/c1-16(2)21(24)26-23(30)27-12-10-17(11-13-27)5-4-14-31-19-8-6-18(7-9-19)15-20(25-3)22(28)29;1-5(2,3)7-4-6/h6-9,16-17,20,25H,4-5,10-15H2,1-3H3,(H,28,29)(H2,24,26,30);4H,1-3H3. The first-order valence-corrected chi connectivity index (χ1v) is 13.2. The summed E-state index contributed by atoms with van der Waals surface area (Å²) in [6, 6.07) is 6.77. The lowest BCUT2D eigenvalue weighted by Crippen LogP contribution is -2.38. The summed E-state index contributed by atoms with van der Waals surface area (Å²) in [6.45, 7) is 11.9. The summed E-state index contributed by atoms with van der Waals surface area (Å²) in [5.41, 5.74) is 6.43. The van der Waals surface area contributed by atoms with Crippen LogP contribution in [-0.2, 0) is 20.7 Å². The maximum atomic E-state index is 12.2. The third-order valence-electron chi connectivity index (χ3n) is 6.14. The van der Waals surface area contributed by atoms with Gasteiger partial charge < -0.3 is 30.5 Å². The number of benzene rings is 1. The molecule has 4 N–H and O–H groups in total. The van der Waals surface area contributed by atoms with Gasteiger partial charge in [-0.15, -0.1) is 0 Å². The molecule has 1 unspecified atom stereocenters. The number of carboxylic acid groups (broad SMARTS) is 1. The van der Waals surface area contributed by atoms with Crippen molar-refractivity contribution in [1.29, 1.82) is 0 Å². The highest BCUT2D eigenvalue weighted by Gasteiger charge is 2.23. The first-order valence-electron chi connectivity index (χ1n) is 13.2. The van der Waals surface area contributed by atoms with Crippen molar-refractivity contribution in [3.8, 4) is 5.75 Å². The molecule has 1 fully saturated rings. The molecule has 1 aliphatic rings. The zero-order valence-electron chi connectivity index (χ0n) is 23.7. The number of urea groups is 1. The van der Waals surface area contributed by atoms with Gasteiger partial charge in [0, 0.05) is 19.0 Å². The van der Waals surface area contributed by atoms with E-state index in [2.05, 4.69) is 15.0 Å². The Balaban J connectivity index is 0.000000905. The molecule has 2 rings (SSSR count). The van der Waals surface area contributed by atoms with Crippen LogP contribution < -0.4 is 15.8 Å². The number of likely N-dealkylation sites (N-methyl/N-ethyl adjacent to an activating group) is 1. The highest BCUT2D eigenvalue weighted by atomic mass is 16.5. The maximum Gasteiger partial charge on any atom is 0.345 e. The molecule has 0 aliphatic carbocycles. The lowest BCUT2D eigenvalue weighted by molar-refractivity contribution is -0.140. The minimum Gasteiger partial charge on any atom is -0.494 e. The Bertz CT molecular complexity index is 888. The quantitative estimate of drug-likeness (QED) is 0.168. The average Bonchev–Trinajstić information content (AvgIpc) is 2.85. The molecular formula is C28H46N4O6. The third-order valence-corrected chi connectivity index (χ3v) is 6.14. The van der Waals surface area contributed by atoms with Crippen LogP contribution in [0.5, 0.6) is 5.75 Å². The molecule has 1 aliphatic heterocycles. The largest absolute Gasteiger partial charge is 0.494 e. The Hall–Kier alpha value is -3.14. The van der Waals surface area contributed by atoms with Crippen LogP contribution in [0, 0.1) is 11.8 Å². The molecule has 10 heteroatoms. The van der Waals surface area contributed by atoms with E-state index in [1.54, 1.807) is 11.9 Å². The minimum absolute atomic E-state index is 0.0766. The summed E-state index contributed by atoms with van der Waals surface area (Å²) in [4.78, 5) is 38.7. The molecule has 1 aromatic carbocycles. The monoisotopic (exact) mass is 534 g/mol. The summed E-state index contributed by atoms with van der Waals surface area (Å²) < 4.78 is 10.4. The van der Waals surface area contributed by atoms with E-state index in [4.69, 9.17) is 15.6 Å². The second kappa shape index (κ2) is 16.7. The van der Waals surface area contributed by atoms with E-state index in [0.717, 1.165) is 50.1 Å². The highest BCUT2D eigenvalue weighted by molar-refractivity contribution is 5.93. The highest BCUT2D eigenvalue weighted by Crippen LogP contribution is 2.23. The van der Waals surface area contributed by atoms with Gasteiger partial charge in [-0.2, -0.15) is 4.99 Å².